The Balaban J connectivity index is 1.53. The smallest absolute Gasteiger partial charge is 0.319 e. The molecule has 2 heterocycles. The van der Waals surface area contributed by atoms with Crippen LogP contribution in [0.3, 0.4) is 0 Å². The van der Waals surface area contributed by atoms with Crippen molar-refractivity contribution < 1.29 is 38.5 Å². The molecule has 0 radical (unpaired) electrons. The van der Waals surface area contributed by atoms with Crippen LogP contribution in [0.1, 0.15) is 45.2 Å². The van der Waals surface area contributed by atoms with Crippen LogP contribution in [0.5, 0.6) is 5.75 Å². The first-order valence-electron chi connectivity index (χ1n) is 21.6. The predicted octanol–water partition coefficient (Wildman–Crippen LogP) is 1.96. The number of urea groups is 2. The number of morpholine rings is 2. The van der Waals surface area contributed by atoms with Crippen LogP contribution in [0.15, 0.2) is 54.6 Å². The summed E-state index contributed by atoms with van der Waals surface area (Å²) in [5, 5.41) is 22.2. The molecule has 2 fully saturated rings. The Morgan fingerprint density at radius 1 is 0.787 bits per heavy atom. The van der Waals surface area contributed by atoms with Crippen LogP contribution in [0, 0.1) is 11.8 Å². The summed E-state index contributed by atoms with van der Waals surface area (Å²) >= 11 is 0. The molecule has 0 spiro atoms. The second kappa shape index (κ2) is 24.8. The monoisotopic (exact) mass is 854 g/mol. The third-order valence-corrected chi connectivity index (χ3v) is 11.3. The molecule has 2 aliphatic rings. The van der Waals surface area contributed by atoms with Crippen LogP contribution < -0.4 is 26.1 Å². The molecule has 0 bridgehead atoms. The van der Waals surface area contributed by atoms with E-state index in [0.717, 1.165) is 37.3 Å². The van der Waals surface area contributed by atoms with E-state index in [0.29, 0.717) is 71.2 Å². The van der Waals surface area contributed by atoms with Crippen molar-refractivity contribution in [3.05, 3.63) is 65.7 Å². The first kappa shape index (κ1) is 49.1. The summed E-state index contributed by atoms with van der Waals surface area (Å²) in [6.45, 7) is 15.4. The van der Waals surface area contributed by atoms with Gasteiger partial charge in [-0.2, -0.15) is 0 Å². The lowest BCUT2D eigenvalue weighted by Crippen LogP contribution is -2.66. The van der Waals surface area contributed by atoms with Crippen LogP contribution in [0.2, 0.25) is 0 Å². The summed E-state index contributed by atoms with van der Waals surface area (Å²) in [6.07, 6.45) is 1.01. The third kappa shape index (κ3) is 16.0. The number of hydrogen-bond donors (Lipinski definition) is 5. The van der Waals surface area contributed by atoms with E-state index in [1.54, 1.807) is 45.0 Å². The SMILES string of the molecule is COc1ccc(CN(C[C@H](CCc2ccccc2)NC(=O)[C@@](O)(NC(=O)N(C)CCN2CCOCC2)C(C)C)NC(=O)[C@@H](NC(=O)N(C)CCN2CCOCC2)C(C)C)cc1. The zero-order chi connectivity index (χ0) is 44.4. The van der Waals surface area contributed by atoms with E-state index >= 15 is 0 Å². The number of hydrogen-bond acceptors (Lipinski definition) is 11. The summed E-state index contributed by atoms with van der Waals surface area (Å²) in [4.78, 5) is 62.8. The van der Waals surface area contributed by atoms with E-state index in [2.05, 4.69) is 31.2 Å². The van der Waals surface area contributed by atoms with E-state index in [-0.39, 0.29) is 25.0 Å². The van der Waals surface area contributed by atoms with Gasteiger partial charge in [-0.15, -0.1) is 0 Å². The van der Waals surface area contributed by atoms with Gasteiger partial charge >= 0.3 is 12.1 Å². The molecule has 17 heteroatoms. The van der Waals surface area contributed by atoms with Gasteiger partial charge < -0.3 is 45.1 Å². The zero-order valence-corrected chi connectivity index (χ0v) is 37.4. The second-order valence-corrected chi connectivity index (χ2v) is 16.7. The Labute approximate surface area is 362 Å². The standard InChI is InChI=1S/C44H71N9O8/c1-33(2)39(46-42(56)49(5)19-21-51-23-27-60-28-24-51)40(54)48-53(31-36-14-17-38(59-7)18-15-36)32-37(16-13-35-11-9-8-10-12-35)45-41(55)44(58,34(3)4)47-43(57)50(6)20-22-52-25-29-61-30-26-52/h8-12,14-15,17-18,33-34,37,39,58H,13,16,19-32H2,1-7H3,(H,45,55)(H,46,56)(H,47,57)(H,48,54)/t37-,39-,44+/m0/s1. The fraction of sp³-hybridized carbons (Fsp3) is 0.636. The molecule has 4 rings (SSSR count). The van der Waals surface area contributed by atoms with Crippen LogP contribution in [0.4, 0.5) is 9.59 Å². The lowest BCUT2D eigenvalue weighted by molar-refractivity contribution is -0.148. The van der Waals surface area contributed by atoms with Gasteiger partial charge in [0.15, 0.2) is 0 Å². The maximum absolute atomic E-state index is 14.3. The quantitative estimate of drug-likeness (QED) is 0.0864. The van der Waals surface area contributed by atoms with Crippen molar-refractivity contribution in [2.45, 2.75) is 64.9 Å². The summed E-state index contributed by atoms with van der Waals surface area (Å²) in [7, 11) is 4.94. The molecule has 61 heavy (non-hydrogen) atoms. The first-order valence-corrected chi connectivity index (χ1v) is 21.6. The number of nitrogens with zero attached hydrogens (tertiary/aromatic N) is 5. The molecule has 5 N–H and O–H groups in total. The van der Waals surface area contributed by atoms with Gasteiger partial charge in [-0.1, -0.05) is 70.2 Å². The number of carbonyl (C=O) groups is 4. The number of ether oxygens (including phenoxy) is 3. The van der Waals surface area contributed by atoms with Gasteiger partial charge in [-0.25, -0.2) is 14.6 Å². The molecule has 0 aromatic heterocycles. The highest BCUT2D eigenvalue weighted by Gasteiger charge is 2.43. The number of amides is 6. The van der Waals surface area contributed by atoms with Crippen molar-refractivity contribution in [1.82, 2.24) is 46.0 Å². The fourth-order valence-electron chi connectivity index (χ4n) is 7.02. The summed E-state index contributed by atoms with van der Waals surface area (Å²) in [5.41, 5.74) is 2.71. The minimum absolute atomic E-state index is 0.121. The Morgan fingerprint density at radius 2 is 1.34 bits per heavy atom. The molecule has 2 aromatic rings. The highest BCUT2D eigenvalue weighted by Crippen LogP contribution is 2.18. The zero-order valence-electron chi connectivity index (χ0n) is 37.4. The van der Waals surface area contributed by atoms with E-state index < -0.39 is 41.6 Å². The Bertz CT molecular complexity index is 1640. The number of nitrogens with one attached hydrogen (secondary N) is 4. The number of aryl methyl sites for hydroxylation is 1. The number of rotatable bonds is 22. The number of likely N-dealkylation sites (N-methyl/N-ethyl adjacent to an activating group) is 2. The molecule has 6 amide bonds. The number of benzene rings is 2. The van der Waals surface area contributed by atoms with Gasteiger partial charge in [0.1, 0.15) is 11.8 Å². The minimum atomic E-state index is -2.25. The molecule has 0 aliphatic carbocycles. The Hall–Kier alpha value is -4.52. The number of aliphatic hydroxyl groups is 1. The number of carbonyl (C=O) groups excluding carboxylic acids is 4. The molecule has 2 aliphatic heterocycles. The molecule has 0 saturated carbocycles. The van der Waals surface area contributed by atoms with Crippen LogP contribution in [-0.2, 0) is 32.0 Å². The van der Waals surface area contributed by atoms with Crippen molar-refractivity contribution in [2.75, 3.05) is 107 Å². The van der Waals surface area contributed by atoms with Crippen molar-refractivity contribution >= 4 is 23.9 Å². The maximum atomic E-state index is 14.3. The number of methoxy groups -OCH3 is 1. The first-order chi connectivity index (χ1) is 29.2. The maximum Gasteiger partial charge on any atom is 0.319 e. The van der Waals surface area contributed by atoms with E-state index in [1.807, 2.05) is 68.4 Å². The lowest BCUT2D eigenvalue weighted by atomic mass is 9.97. The molecule has 0 unspecified atom stereocenters. The molecular formula is C44H71N9O8. The van der Waals surface area contributed by atoms with Gasteiger partial charge in [0.2, 0.25) is 5.72 Å². The lowest BCUT2D eigenvalue weighted by Gasteiger charge is -2.36. The highest BCUT2D eigenvalue weighted by molar-refractivity contribution is 5.90. The molecule has 3 atom stereocenters. The van der Waals surface area contributed by atoms with Gasteiger partial charge in [0.25, 0.3) is 11.8 Å². The average molecular weight is 854 g/mol. The van der Waals surface area contributed by atoms with Crippen molar-refractivity contribution in [2.24, 2.45) is 11.8 Å². The normalized spacial score (nSPS) is 17.0. The van der Waals surface area contributed by atoms with Crippen molar-refractivity contribution in [1.29, 1.82) is 0 Å². The van der Waals surface area contributed by atoms with Crippen LogP contribution >= 0.6 is 0 Å². The summed E-state index contributed by atoms with van der Waals surface area (Å²) < 4.78 is 16.2. The van der Waals surface area contributed by atoms with E-state index in [4.69, 9.17) is 14.2 Å². The second-order valence-electron chi connectivity index (χ2n) is 16.7. The molecule has 2 saturated heterocycles. The Kier molecular flexibility index (Phi) is 20.0. The molecule has 17 nitrogen and oxygen atoms in total. The largest absolute Gasteiger partial charge is 0.497 e. The summed E-state index contributed by atoms with van der Waals surface area (Å²) in [6, 6.07) is 14.8. The van der Waals surface area contributed by atoms with E-state index in [9.17, 15) is 24.3 Å². The Morgan fingerprint density at radius 3 is 1.87 bits per heavy atom. The number of hydrazine groups is 1. The van der Waals surface area contributed by atoms with Gasteiger partial charge in [-0.3, -0.25) is 24.8 Å². The summed E-state index contributed by atoms with van der Waals surface area (Å²) in [5.74, 6) is -1.47. The molecular weight excluding hydrogens is 783 g/mol. The average Bonchev–Trinajstić information content (AvgIpc) is 3.26. The third-order valence-electron chi connectivity index (χ3n) is 11.3. The van der Waals surface area contributed by atoms with Crippen molar-refractivity contribution in [3.8, 4) is 5.75 Å². The highest BCUT2D eigenvalue weighted by atomic mass is 16.5. The topological polar surface area (TPSA) is 181 Å². The predicted molar refractivity (Wildman–Crippen MR) is 233 cm³/mol. The fourth-order valence-corrected chi connectivity index (χ4v) is 7.02. The van der Waals surface area contributed by atoms with Crippen LogP contribution in [0.25, 0.3) is 0 Å². The van der Waals surface area contributed by atoms with E-state index in [1.165, 1.54) is 4.90 Å². The van der Waals surface area contributed by atoms with Gasteiger partial charge in [-0.05, 0) is 42.0 Å². The van der Waals surface area contributed by atoms with Crippen LogP contribution in [-0.4, -0.2) is 178 Å². The molecule has 340 valence electrons. The van der Waals surface area contributed by atoms with Gasteiger partial charge in [0.05, 0.1) is 33.5 Å². The minimum Gasteiger partial charge on any atom is -0.497 e. The molecule has 2 aromatic carbocycles. The van der Waals surface area contributed by atoms with Gasteiger partial charge in [0, 0.05) is 91.5 Å². The van der Waals surface area contributed by atoms with Crippen molar-refractivity contribution in [3.63, 3.8) is 0 Å².